The zero-order chi connectivity index (χ0) is 21.7. The molecule has 0 radical (unpaired) electrons. The lowest BCUT2D eigenvalue weighted by molar-refractivity contribution is -0.0440. The summed E-state index contributed by atoms with van der Waals surface area (Å²) in [5, 5.41) is 5.74. The summed E-state index contributed by atoms with van der Waals surface area (Å²) in [5.74, 6) is 0.667. The first-order valence-corrected chi connectivity index (χ1v) is 15.4. The van der Waals surface area contributed by atoms with Gasteiger partial charge in [-0.1, -0.05) is 32.1 Å². The highest BCUT2D eigenvalue weighted by Crippen LogP contribution is 2.31. The molecule has 2 aromatic rings. The molecule has 31 heavy (non-hydrogen) atoms. The fourth-order valence-corrected chi connectivity index (χ4v) is 4.81. The molecular weight excluding hydrogens is 410 g/mol. The topological polar surface area (TPSA) is 58.0 Å². The SMILES string of the molecule is C[Si](C)(C)CCOCn1nc(OCCN2CCCCC2)c2cc(C3OCCO3)ccc21. The van der Waals surface area contributed by atoms with E-state index in [-0.39, 0.29) is 6.29 Å². The van der Waals surface area contributed by atoms with E-state index in [4.69, 9.17) is 24.0 Å². The molecule has 2 aliphatic rings. The Kier molecular flexibility index (Phi) is 7.66. The van der Waals surface area contributed by atoms with Gasteiger partial charge in [-0.2, -0.15) is 0 Å². The lowest BCUT2D eigenvalue weighted by atomic mass is 10.1. The van der Waals surface area contributed by atoms with E-state index in [0.29, 0.717) is 32.4 Å². The van der Waals surface area contributed by atoms with Gasteiger partial charge in [-0.05, 0) is 44.1 Å². The summed E-state index contributed by atoms with van der Waals surface area (Å²) in [6.07, 6.45) is 3.62. The maximum atomic E-state index is 6.18. The number of benzene rings is 1. The van der Waals surface area contributed by atoms with Gasteiger partial charge in [-0.25, -0.2) is 4.68 Å². The number of piperidine rings is 1. The summed E-state index contributed by atoms with van der Waals surface area (Å²) in [4.78, 5) is 2.48. The molecule has 1 aromatic carbocycles. The van der Waals surface area contributed by atoms with E-state index in [1.807, 2.05) is 4.68 Å². The highest BCUT2D eigenvalue weighted by Gasteiger charge is 2.21. The third kappa shape index (κ3) is 6.29. The van der Waals surface area contributed by atoms with Crippen LogP contribution in [0.15, 0.2) is 18.2 Å². The third-order valence-corrected chi connectivity index (χ3v) is 7.64. The van der Waals surface area contributed by atoms with Crippen LogP contribution >= 0.6 is 0 Å². The third-order valence-electron chi connectivity index (χ3n) is 5.94. The van der Waals surface area contributed by atoms with Crippen LogP contribution in [-0.4, -0.2) is 68.8 Å². The van der Waals surface area contributed by atoms with E-state index >= 15 is 0 Å². The number of aromatic nitrogens is 2. The lowest BCUT2D eigenvalue weighted by Crippen LogP contribution is -2.33. The molecule has 0 aliphatic carbocycles. The summed E-state index contributed by atoms with van der Waals surface area (Å²) < 4.78 is 25.4. The summed E-state index contributed by atoms with van der Waals surface area (Å²) in [5.41, 5.74) is 2.02. The Morgan fingerprint density at radius 1 is 1.06 bits per heavy atom. The van der Waals surface area contributed by atoms with Crippen molar-refractivity contribution < 1.29 is 18.9 Å². The van der Waals surface area contributed by atoms with E-state index < -0.39 is 8.07 Å². The van der Waals surface area contributed by atoms with Crippen molar-refractivity contribution in [3.05, 3.63) is 23.8 Å². The molecular formula is C23H37N3O4Si. The van der Waals surface area contributed by atoms with Gasteiger partial charge in [0.15, 0.2) is 6.29 Å². The summed E-state index contributed by atoms with van der Waals surface area (Å²) in [7, 11) is -1.11. The summed E-state index contributed by atoms with van der Waals surface area (Å²) in [6, 6.07) is 7.36. The second-order valence-electron chi connectivity index (χ2n) is 9.75. The van der Waals surface area contributed by atoms with Gasteiger partial charge in [0, 0.05) is 26.8 Å². The maximum absolute atomic E-state index is 6.18. The van der Waals surface area contributed by atoms with Gasteiger partial charge in [0.25, 0.3) is 0 Å². The molecule has 4 rings (SSSR count). The maximum Gasteiger partial charge on any atom is 0.240 e. The fraction of sp³-hybridized carbons (Fsp3) is 0.696. The second kappa shape index (κ2) is 10.4. The molecule has 0 atom stereocenters. The van der Waals surface area contributed by atoms with E-state index in [1.54, 1.807) is 0 Å². The molecule has 0 spiro atoms. The molecule has 3 heterocycles. The molecule has 172 valence electrons. The predicted molar refractivity (Wildman–Crippen MR) is 124 cm³/mol. The standard InChI is InChI=1S/C23H37N3O4Si/c1-31(2,3)16-15-27-18-26-21-8-7-19(23-29-13-14-30-23)17-20(21)22(24-26)28-12-11-25-9-5-4-6-10-25/h7-8,17,23H,4-6,9-16,18H2,1-3H3. The first-order valence-electron chi connectivity index (χ1n) is 11.7. The van der Waals surface area contributed by atoms with Gasteiger partial charge in [-0.15, -0.1) is 5.10 Å². The van der Waals surface area contributed by atoms with Crippen LogP contribution in [0, 0.1) is 0 Å². The highest BCUT2D eigenvalue weighted by molar-refractivity contribution is 6.76. The zero-order valence-electron chi connectivity index (χ0n) is 19.3. The Labute approximate surface area is 186 Å². The molecule has 0 saturated carbocycles. The van der Waals surface area contributed by atoms with Gasteiger partial charge in [0.2, 0.25) is 5.88 Å². The van der Waals surface area contributed by atoms with Crippen molar-refractivity contribution in [1.29, 1.82) is 0 Å². The largest absolute Gasteiger partial charge is 0.475 e. The Morgan fingerprint density at radius 2 is 1.84 bits per heavy atom. The average Bonchev–Trinajstić information content (AvgIpc) is 3.40. The van der Waals surface area contributed by atoms with Crippen molar-refractivity contribution in [3.63, 3.8) is 0 Å². The molecule has 2 fully saturated rings. The number of fused-ring (bicyclic) bond motifs is 1. The first-order chi connectivity index (χ1) is 15.0. The lowest BCUT2D eigenvalue weighted by Gasteiger charge is -2.25. The Balaban J connectivity index is 1.46. The summed E-state index contributed by atoms with van der Waals surface area (Å²) >= 11 is 0. The van der Waals surface area contributed by atoms with Gasteiger partial charge in [0.05, 0.1) is 24.1 Å². The fourth-order valence-electron chi connectivity index (χ4n) is 4.05. The number of likely N-dealkylation sites (tertiary alicyclic amines) is 1. The number of hydrogen-bond donors (Lipinski definition) is 0. The van der Waals surface area contributed by atoms with Gasteiger partial charge in [-0.3, -0.25) is 4.90 Å². The van der Waals surface area contributed by atoms with Crippen molar-refractivity contribution in [1.82, 2.24) is 14.7 Å². The minimum atomic E-state index is -1.11. The molecule has 0 N–H and O–H groups in total. The van der Waals surface area contributed by atoms with Crippen molar-refractivity contribution in [3.8, 4) is 5.88 Å². The van der Waals surface area contributed by atoms with Crippen molar-refractivity contribution in [2.75, 3.05) is 46.1 Å². The van der Waals surface area contributed by atoms with Crippen LogP contribution in [0.2, 0.25) is 25.7 Å². The van der Waals surface area contributed by atoms with Crippen molar-refractivity contribution >= 4 is 19.0 Å². The predicted octanol–water partition coefficient (Wildman–Crippen LogP) is 4.26. The molecule has 0 unspecified atom stereocenters. The highest BCUT2D eigenvalue weighted by atomic mass is 28.3. The number of rotatable bonds is 10. The van der Waals surface area contributed by atoms with E-state index in [1.165, 1.54) is 32.4 Å². The normalized spacial score (nSPS) is 18.8. The van der Waals surface area contributed by atoms with Crippen LogP contribution in [-0.2, 0) is 20.9 Å². The van der Waals surface area contributed by atoms with E-state index in [0.717, 1.165) is 35.7 Å². The number of ether oxygens (including phenoxy) is 4. The van der Waals surface area contributed by atoms with Crippen LogP contribution in [0.3, 0.4) is 0 Å². The van der Waals surface area contributed by atoms with Crippen LogP contribution < -0.4 is 4.74 Å². The van der Waals surface area contributed by atoms with Crippen LogP contribution in [0.4, 0.5) is 0 Å². The average molecular weight is 448 g/mol. The smallest absolute Gasteiger partial charge is 0.240 e. The molecule has 8 heteroatoms. The van der Waals surface area contributed by atoms with Crippen LogP contribution in [0.5, 0.6) is 5.88 Å². The van der Waals surface area contributed by atoms with E-state index in [2.05, 4.69) is 42.7 Å². The molecule has 0 amide bonds. The second-order valence-corrected chi connectivity index (χ2v) is 15.4. The number of hydrogen-bond acceptors (Lipinski definition) is 6. The van der Waals surface area contributed by atoms with Crippen LogP contribution in [0.1, 0.15) is 31.1 Å². The number of nitrogens with zero attached hydrogens (tertiary/aromatic N) is 3. The Morgan fingerprint density at radius 3 is 2.58 bits per heavy atom. The molecule has 7 nitrogen and oxygen atoms in total. The van der Waals surface area contributed by atoms with Crippen LogP contribution in [0.25, 0.3) is 10.9 Å². The Bertz CT molecular complexity index is 839. The summed E-state index contributed by atoms with van der Waals surface area (Å²) in [6.45, 7) is 13.5. The van der Waals surface area contributed by atoms with Crippen molar-refractivity contribution in [2.24, 2.45) is 0 Å². The monoisotopic (exact) mass is 447 g/mol. The molecule has 0 bridgehead atoms. The van der Waals surface area contributed by atoms with E-state index in [9.17, 15) is 0 Å². The van der Waals surface area contributed by atoms with Gasteiger partial charge >= 0.3 is 0 Å². The quantitative estimate of drug-likeness (QED) is 0.401. The first kappa shape index (κ1) is 22.7. The molecule has 2 aliphatic heterocycles. The molecule has 2 saturated heterocycles. The van der Waals surface area contributed by atoms with Crippen molar-refractivity contribution in [2.45, 2.75) is 58.0 Å². The van der Waals surface area contributed by atoms with Gasteiger partial charge < -0.3 is 18.9 Å². The minimum Gasteiger partial charge on any atom is -0.475 e. The molecule has 1 aromatic heterocycles. The minimum absolute atomic E-state index is 0.304. The van der Waals surface area contributed by atoms with Gasteiger partial charge in [0.1, 0.15) is 13.3 Å². The zero-order valence-corrected chi connectivity index (χ0v) is 20.3. The Hall–Kier alpha value is -1.45.